The Morgan fingerprint density at radius 3 is 2.69 bits per heavy atom. The summed E-state index contributed by atoms with van der Waals surface area (Å²) in [6.45, 7) is 9.25. The number of esters is 1. The first kappa shape index (κ1) is 18.8. The third kappa shape index (κ3) is 3.01. The molecule has 1 aliphatic heterocycles. The van der Waals surface area contributed by atoms with Crippen LogP contribution in [0.2, 0.25) is 0 Å². The molecular formula is C22H29NO3. The van der Waals surface area contributed by atoms with E-state index >= 15 is 0 Å². The number of carbonyl (C=O) groups excluding carboxylic acids is 2. The molecular weight excluding hydrogens is 326 g/mol. The van der Waals surface area contributed by atoms with E-state index in [1.807, 2.05) is 24.3 Å². The molecule has 1 saturated carbocycles. The van der Waals surface area contributed by atoms with Gasteiger partial charge in [0, 0.05) is 24.5 Å². The number of fused-ring (bicyclic) bond motifs is 2. The first-order chi connectivity index (χ1) is 12.5. The van der Waals surface area contributed by atoms with Gasteiger partial charge in [-0.05, 0) is 38.7 Å². The number of piperidine rings is 1. The molecule has 1 saturated heterocycles. The third-order valence-corrected chi connectivity index (χ3v) is 6.18. The van der Waals surface area contributed by atoms with Gasteiger partial charge >= 0.3 is 5.97 Å². The highest BCUT2D eigenvalue weighted by atomic mass is 16.5. The van der Waals surface area contributed by atoms with Crippen molar-refractivity contribution in [3.63, 3.8) is 0 Å². The number of ether oxygens (including phenoxy) is 1. The minimum atomic E-state index is -1.03. The normalized spacial score (nSPS) is 29.8. The maximum atomic E-state index is 13.5. The monoisotopic (exact) mass is 355 g/mol. The average Bonchev–Trinajstić information content (AvgIpc) is 2.63. The summed E-state index contributed by atoms with van der Waals surface area (Å²) < 4.78 is 5.37. The molecule has 1 aliphatic carbocycles. The van der Waals surface area contributed by atoms with Crippen molar-refractivity contribution in [1.82, 2.24) is 4.90 Å². The maximum absolute atomic E-state index is 13.5. The van der Waals surface area contributed by atoms with Gasteiger partial charge in [0.05, 0.1) is 6.61 Å². The number of carbonyl (C=O) groups is 2. The van der Waals surface area contributed by atoms with Crippen LogP contribution in [0.4, 0.5) is 0 Å². The van der Waals surface area contributed by atoms with Crippen LogP contribution in [0.15, 0.2) is 43.0 Å². The van der Waals surface area contributed by atoms with E-state index < -0.39 is 10.8 Å². The average molecular weight is 355 g/mol. The number of hydrogen-bond acceptors (Lipinski definition) is 4. The van der Waals surface area contributed by atoms with E-state index in [1.54, 1.807) is 6.92 Å². The molecule has 3 atom stereocenters. The maximum Gasteiger partial charge on any atom is 0.320 e. The van der Waals surface area contributed by atoms with Crippen LogP contribution < -0.4 is 0 Å². The number of benzene rings is 1. The SMILES string of the molecule is C=CC[C@]12CCC[C@@](C(=O)OCC)(CN([C@@H](C)c3ccccc3)C1)C2=O. The number of rotatable bonds is 6. The van der Waals surface area contributed by atoms with Gasteiger partial charge in [-0.3, -0.25) is 14.5 Å². The third-order valence-electron chi connectivity index (χ3n) is 6.18. The van der Waals surface area contributed by atoms with Crippen molar-refractivity contribution in [2.24, 2.45) is 10.8 Å². The van der Waals surface area contributed by atoms with Gasteiger partial charge in [-0.15, -0.1) is 6.58 Å². The minimum absolute atomic E-state index is 0.0751. The fourth-order valence-corrected chi connectivity index (χ4v) is 4.84. The lowest BCUT2D eigenvalue weighted by Gasteiger charge is -2.54. The quantitative estimate of drug-likeness (QED) is 0.441. The summed E-state index contributed by atoms with van der Waals surface area (Å²) in [5.74, 6) is -0.269. The summed E-state index contributed by atoms with van der Waals surface area (Å²) >= 11 is 0. The molecule has 140 valence electrons. The number of ketones is 1. The van der Waals surface area contributed by atoms with Crippen LogP contribution in [0.5, 0.6) is 0 Å². The van der Waals surface area contributed by atoms with E-state index in [4.69, 9.17) is 4.74 Å². The topological polar surface area (TPSA) is 46.6 Å². The van der Waals surface area contributed by atoms with E-state index in [0.717, 1.165) is 12.8 Å². The molecule has 1 heterocycles. The van der Waals surface area contributed by atoms with E-state index in [1.165, 1.54) is 5.56 Å². The van der Waals surface area contributed by atoms with Gasteiger partial charge < -0.3 is 4.74 Å². The van der Waals surface area contributed by atoms with Crippen molar-refractivity contribution in [2.75, 3.05) is 19.7 Å². The highest BCUT2D eigenvalue weighted by Gasteiger charge is 2.62. The molecule has 2 bridgehead atoms. The Morgan fingerprint density at radius 2 is 2.04 bits per heavy atom. The summed E-state index contributed by atoms with van der Waals surface area (Å²) in [5.41, 5.74) is -0.347. The van der Waals surface area contributed by atoms with E-state index in [0.29, 0.717) is 32.5 Å². The van der Waals surface area contributed by atoms with Gasteiger partial charge in [0.2, 0.25) is 0 Å². The molecule has 1 aromatic rings. The molecule has 2 fully saturated rings. The van der Waals surface area contributed by atoms with E-state index in [-0.39, 0.29) is 17.8 Å². The van der Waals surface area contributed by atoms with Gasteiger partial charge in [0.1, 0.15) is 5.41 Å². The lowest BCUT2D eigenvalue weighted by Crippen LogP contribution is -2.65. The summed E-state index contributed by atoms with van der Waals surface area (Å²) in [7, 11) is 0. The molecule has 0 spiro atoms. The lowest BCUT2D eigenvalue weighted by atomic mass is 9.56. The van der Waals surface area contributed by atoms with Crippen molar-refractivity contribution in [3.05, 3.63) is 48.6 Å². The Morgan fingerprint density at radius 1 is 1.31 bits per heavy atom. The van der Waals surface area contributed by atoms with Crippen LogP contribution in [-0.2, 0) is 14.3 Å². The molecule has 4 nitrogen and oxygen atoms in total. The number of Topliss-reactive ketones (excluding diaryl/α,β-unsaturated/α-hetero) is 1. The Hall–Kier alpha value is -1.94. The number of likely N-dealkylation sites (tertiary alicyclic amines) is 1. The number of hydrogen-bond donors (Lipinski definition) is 0. The summed E-state index contributed by atoms with van der Waals surface area (Å²) in [6, 6.07) is 10.4. The van der Waals surface area contributed by atoms with Crippen molar-refractivity contribution < 1.29 is 14.3 Å². The number of allylic oxidation sites excluding steroid dienone is 1. The Kier molecular flexibility index (Phi) is 5.33. The largest absolute Gasteiger partial charge is 0.465 e. The second-order valence-corrected chi connectivity index (χ2v) is 7.75. The van der Waals surface area contributed by atoms with Crippen molar-refractivity contribution in [3.8, 4) is 0 Å². The Bertz CT molecular complexity index is 686. The fraction of sp³-hybridized carbons (Fsp3) is 0.545. The minimum Gasteiger partial charge on any atom is -0.465 e. The van der Waals surface area contributed by atoms with Gasteiger partial charge in [-0.2, -0.15) is 0 Å². The molecule has 26 heavy (non-hydrogen) atoms. The predicted octanol–water partition coefficient (Wildman–Crippen LogP) is 3.93. The molecule has 0 amide bonds. The van der Waals surface area contributed by atoms with Gasteiger partial charge in [-0.25, -0.2) is 0 Å². The van der Waals surface area contributed by atoms with Crippen LogP contribution in [0.1, 0.15) is 51.1 Å². The molecule has 2 aliphatic rings. The van der Waals surface area contributed by atoms with Crippen molar-refractivity contribution in [2.45, 2.75) is 45.6 Å². The van der Waals surface area contributed by atoms with Crippen LogP contribution in [-0.4, -0.2) is 36.3 Å². The number of nitrogens with zero attached hydrogens (tertiary/aromatic N) is 1. The van der Waals surface area contributed by atoms with Crippen LogP contribution >= 0.6 is 0 Å². The summed E-state index contributed by atoms with van der Waals surface area (Å²) in [4.78, 5) is 28.7. The Labute approximate surface area is 156 Å². The first-order valence-electron chi connectivity index (χ1n) is 9.61. The highest BCUT2D eigenvalue weighted by Crippen LogP contribution is 2.52. The van der Waals surface area contributed by atoms with Gasteiger partial charge in [0.15, 0.2) is 5.78 Å². The second-order valence-electron chi connectivity index (χ2n) is 7.75. The van der Waals surface area contributed by atoms with Gasteiger partial charge in [0.25, 0.3) is 0 Å². The van der Waals surface area contributed by atoms with E-state index in [2.05, 4.69) is 30.5 Å². The Balaban J connectivity index is 2.00. The second kappa shape index (κ2) is 7.36. The molecule has 3 rings (SSSR count). The zero-order valence-corrected chi connectivity index (χ0v) is 15.9. The summed E-state index contributed by atoms with van der Waals surface area (Å²) in [6.07, 6.45) is 4.73. The van der Waals surface area contributed by atoms with Crippen LogP contribution in [0.25, 0.3) is 0 Å². The van der Waals surface area contributed by atoms with Crippen molar-refractivity contribution >= 4 is 11.8 Å². The molecule has 4 heteroatoms. The summed E-state index contributed by atoms with van der Waals surface area (Å²) in [5, 5.41) is 0. The van der Waals surface area contributed by atoms with Crippen molar-refractivity contribution in [1.29, 1.82) is 0 Å². The highest BCUT2D eigenvalue weighted by molar-refractivity contribution is 6.08. The fourth-order valence-electron chi connectivity index (χ4n) is 4.84. The molecule has 1 aromatic carbocycles. The zero-order chi connectivity index (χ0) is 18.8. The molecule has 0 radical (unpaired) electrons. The van der Waals surface area contributed by atoms with E-state index in [9.17, 15) is 9.59 Å². The van der Waals surface area contributed by atoms with Gasteiger partial charge in [-0.1, -0.05) is 42.8 Å². The first-order valence-corrected chi connectivity index (χ1v) is 9.61. The molecule has 0 unspecified atom stereocenters. The zero-order valence-electron chi connectivity index (χ0n) is 15.9. The smallest absolute Gasteiger partial charge is 0.320 e. The van der Waals surface area contributed by atoms with Crippen LogP contribution in [0.3, 0.4) is 0 Å². The predicted molar refractivity (Wildman–Crippen MR) is 102 cm³/mol. The molecule has 0 N–H and O–H groups in total. The standard InChI is InChI=1S/C22H29NO3/c1-4-12-21-13-9-14-22(19(21)24,20(25)26-5-2)16-23(15-21)17(3)18-10-7-6-8-11-18/h4,6-8,10-11,17H,1,5,9,12-16H2,2-3H3/t17-,21-,22+/m0/s1. The van der Waals surface area contributed by atoms with Crippen LogP contribution in [0, 0.1) is 10.8 Å². The lowest BCUT2D eigenvalue weighted by molar-refractivity contribution is -0.177. The molecule has 0 aromatic heterocycles.